The van der Waals surface area contributed by atoms with Gasteiger partial charge in [-0.1, -0.05) is 18.2 Å². The highest BCUT2D eigenvalue weighted by molar-refractivity contribution is 7.80. The quantitative estimate of drug-likeness (QED) is 0.424. The summed E-state index contributed by atoms with van der Waals surface area (Å²) < 4.78 is 13.5. The lowest BCUT2D eigenvalue weighted by Gasteiger charge is -2.29. The van der Waals surface area contributed by atoms with Crippen molar-refractivity contribution in [2.75, 3.05) is 25.6 Å². The van der Waals surface area contributed by atoms with Gasteiger partial charge in [-0.05, 0) is 61.5 Å². The second-order valence-electron chi connectivity index (χ2n) is 9.04. The molecule has 0 radical (unpaired) electrons. The molecule has 2 aliphatic rings. The van der Waals surface area contributed by atoms with E-state index in [0.29, 0.717) is 23.1 Å². The highest BCUT2D eigenvalue weighted by Gasteiger charge is 2.41. The molecule has 0 bridgehead atoms. The molecular weight excluding hydrogens is 474 g/mol. The van der Waals surface area contributed by atoms with Crippen LogP contribution in [0.2, 0.25) is 0 Å². The van der Waals surface area contributed by atoms with Crippen molar-refractivity contribution in [1.82, 2.24) is 19.8 Å². The van der Waals surface area contributed by atoms with Gasteiger partial charge in [-0.25, -0.2) is 0 Å². The van der Waals surface area contributed by atoms with E-state index in [9.17, 15) is 4.79 Å². The Morgan fingerprint density at radius 2 is 2.08 bits per heavy atom. The van der Waals surface area contributed by atoms with Gasteiger partial charge in [-0.2, -0.15) is 0 Å². The molecule has 0 unspecified atom stereocenters. The van der Waals surface area contributed by atoms with Crippen molar-refractivity contribution >= 4 is 28.9 Å². The first-order valence-electron chi connectivity index (χ1n) is 12.3. The summed E-state index contributed by atoms with van der Waals surface area (Å²) in [5.41, 5.74) is 2.69. The molecule has 2 aromatic heterocycles. The molecule has 2 aliphatic heterocycles. The maximum Gasteiger partial charge on any atom is 0.226 e. The molecule has 3 aromatic rings. The van der Waals surface area contributed by atoms with E-state index in [0.717, 1.165) is 37.4 Å². The van der Waals surface area contributed by atoms with E-state index >= 15 is 0 Å². The minimum Gasteiger partial charge on any atom is -0.495 e. The number of carbonyl (C=O) groups excluding carboxylic acids is 1. The largest absolute Gasteiger partial charge is 0.495 e. The number of nitrogens with zero attached hydrogens (tertiary/aromatic N) is 3. The standard InChI is InChI=1S/C27H31N5O3S/c1-34-23-12-3-2-9-20(23)29-24(33)13-16-32-26(25(30-27(32)36)21-10-4-5-14-28-21)22-11-6-15-31(22)18-19-8-7-17-35-19/h2-6,9-12,14-15,19,25-26H,7-8,13,16-18H2,1H3,(H,29,33)(H,30,36)/t19-,25-,26-/m1/s1. The smallest absolute Gasteiger partial charge is 0.226 e. The molecule has 3 atom stereocenters. The van der Waals surface area contributed by atoms with Crippen LogP contribution in [-0.4, -0.2) is 51.8 Å². The maximum absolute atomic E-state index is 12.9. The van der Waals surface area contributed by atoms with Gasteiger partial charge in [0.25, 0.3) is 0 Å². The van der Waals surface area contributed by atoms with Gasteiger partial charge in [0.15, 0.2) is 5.11 Å². The fourth-order valence-corrected chi connectivity index (χ4v) is 5.35. The van der Waals surface area contributed by atoms with Gasteiger partial charge in [0, 0.05) is 44.2 Å². The third kappa shape index (κ3) is 5.22. The summed E-state index contributed by atoms with van der Waals surface area (Å²) in [7, 11) is 1.59. The summed E-state index contributed by atoms with van der Waals surface area (Å²) >= 11 is 5.78. The number of anilines is 1. The van der Waals surface area contributed by atoms with Crippen molar-refractivity contribution in [3.63, 3.8) is 0 Å². The van der Waals surface area contributed by atoms with Crippen LogP contribution in [0.4, 0.5) is 5.69 Å². The van der Waals surface area contributed by atoms with Crippen LogP contribution in [0.3, 0.4) is 0 Å². The topological polar surface area (TPSA) is 80.7 Å². The van der Waals surface area contributed by atoms with E-state index in [-0.39, 0.29) is 30.5 Å². The number of thiocarbonyl (C=S) groups is 1. The van der Waals surface area contributed by atoms with Gasteiger partial charge in [-0.3, -0.25) is 9.78 Å². The first-order chi connectivity index (χ1) is 17.6. The predicted octanol–water partition coefficient (Wildman–Crippen LogP) is 4.07. The SMILES string of the molecule is COc1ccccc1NC(=O)CCN1C(=S)N[C@H](c2ccccn2)[C@H]1c1cccn1C[C@H]1CCCO1. The highest BCUT2D eigenvalue weighted by atomic mass is 32.1. The summed E-state index contributed by atoms with van der Waals surface area (Å²) in [6, 6.07) is 17.3. The summed E-state index contributed by atoms with van der Waals surface area (Å²) in [6.07, 6.45) is 6.55. The Labute approximate surface area is 216 Å². The second kappa shape index (κ2) is 11.1. The Bertz CT molecular complexity index is 1190. The zero-order valence-electron chi connectivity index (χ0n) is 20.3. The maximum atomic E-state index is 12.9. The molecule has 0 aliphatic carbocycles. The molecule has 9 heteroatoms. The lowest BCUT2D eigenvalue weighted by atomic mass is 10.0. The molecular formula is C27H31N5O3S. The summed E-state index contributed by atoms with van der Waals surface area (Å²) in [4.78, 5) is 19.6. The number of hydrogen-bond donors (Lipinski definition) is 2. The molecule has 188 valence electrons. The molecule has 2 N–H and O–H groups in total. The first-order valence-corrected chi connectivity index (χ1v) is 12.7. The monoisotopic (exact) mass is 505 g/mol. The number of nitrogens with one attached hydrogen (secondary N) is 2. The molecule has 0 spiro atoms. The number of amides is 1. The van der Waals surface area contributed by atoms with E-state index in [2.05, 4.69) is 43.4 Å². The fourth-order valence-electron chi connectivity index (χ4n) is 5.02. The fraction of sp³-hybridized carbons (Fsp3) is 0.370. The number of aromatic nitrogens is 2. The second-order valence-corrected chi connectivity index (χ2v) is 9.43. The van der Waals surface area contributed by atoms with Crippen molar-refractivity contribution in [3.05, 3.63) is 78.4 Å². The van der Waals surface area contributed by atoms with Crippen LogP contribution in [0.25, 0.3) is 0 Å². The molecule has 0 saturated carbocycles. The molecule has 1 amide bonds. The van der Waals surface area contributed by atoms with Crippen LogP contribution in [0.15, 0.2) is 67.0 Å². The third-order valence-electron chi connectivity index (χ3n) is 6.75. The summed E-state index contributed by atoms with van der Waals surface area (Å²) in [5.74, 6) is 0.529. The molecule has 2 fully saturated rings. The predicted molar refractivity (Wildman–Crippen MR) is 142 cm³/mol. The number of carbonyl (C=O) groups is 1. The Hall–Kier alpha value is -3.43. The zero-order chi connectivity index (χ0) is 24.9. The van der Waals surface area contributed by atoms with Gasteiger partial charge >= 0.3 is 0 Å². The zero-order valence-corrected chi connectivity index (χ0v) is 21.1. The normalized spacial score (nSPS) is 21.4. The Morgan fingerprint density at radius 3 is 2.86 bits per heavy atom. The van der Waals surface area contributed by atoms with E-state index < -0.39 is 0 Å². The lowest BCUT2D eigenvalue weighted by molar-refractivity contribution is -0.116. The Balaban J connectivity index is 1.37. The van der Waals surface area contributed by atoms with Crippen molar-refractivity contribution in [3.8, 4) is 5.75 Å². The molecule has 2 saturated heterocycles. The highest BCUT2D eigenvalue weighted by Crippen LogP contribution is 2.39. The average molecular weight is 506 g/mol. The van der Waals surface area contributed by atoms with Gasteiger partial charge in [0.05, 0.1) is 36.7 Å². The van der Waals surface area contributed by atoms with Crippen LogP contribution in [-0.2, 0) is 16.1 Å². The van der Waals surface area contributed by atoms with Crippen molar-refractivity contribution in [2.24, 2.45) is 0 Å². The molecule has 8 nitrogen and oxygen atoms in total. The van der Waals surface area contributed by atoms with Crippen LogP contribution in [0.1, 0.15) is 42.7 Å². The number of methoxy groups -OCH3 is 1. The van der Waals surface area contributed by atoms with Crippen molar-refractivity contribution < 1.29 is 14.3 Å². The number of para-hydroxylation sites is 2. The van der Waals surface area contributed by atoms with E-state index in [4.69, 9.17) is 21.7 Å². The molecule has 1 aromatic carbocycles. The van der Waals surface area contributed by atoms with Gasteiger partial charge in [-0.15, -0.1) is 0 Å². The van der Waals surface area contributed by atoms with Crippen molar-refractivity contribution in [2.45, 2.75) is 44.0 Å². The van der Waals surface area contributed by atoms with Gasteiger partial charge in [0.2, 0.25) is 5.91 Å². The molecule has 4 heterocycles. The minimum atomic E-state index is -0.130. The Kier molecular flexibility index (Phi) is 7.48. The summed E-state index contributed by atoms with van der Waals surface area (Å²) in [6.45, 7) is 2.08. The van der Waals surface area contributed by atoms with Crippen LogP contribution < -0.4 is 15.4 Å². The molecule has 36 heavy (non-hydrogen) atoms. The lowest BCUT2D eigenvalue weighted by Crippen LogP contribution is -2.33. The van der Waals surface area contributed by atoms with Crippen molar-refractivity contribution in [1.29, 1.82) is 0 Å². The number of ether oxygens (including phenoxy) is 2. The van der Waals surface area contributed by atoms with Crippen LogP contribution in [0.5, 0.6) is 5.75 Å². The van der Waals surface area contributed by atoms with E-state index in [1.54, 1.807) is 13.3 Å². The van der Waals surface area contributed by atoms with Crippen LogP contribution >= 0.6 is 12.2 Å². The molecule has 5 rings (SSSR count). The first kappa shape index (κ1) is 24.3. The van der Waals surface area contributed by atoms with E-state index in [1.165, 1.54) is 0 Å². The Morgan fingerprint density at radius 1 is 1.22 bits per heavy atom. The number of pyridine rings is 1. The number of hydrogen-bond acceptors (Lipinski definition) is 5. The number of rotatable bonds is 9. The summed E-state index contributed by atoms with van der Waals surface area (Å²) in [5, 5.41) is 7.05. The average Bonchev–Trinajstić information content (AvgIpc) is 3.65. The van der Waals surface area contributed by atoms with E-state index in [1.807, 2.05) is 42.5 Å². The van der Waals surface area contributed by atoms with Crippen LogP contribution in [0, 0.1) is 0 Å². The third-order valence-corrected chi connectivity index (χ3v) is 7.10. The van der Waals surface area contributed by atoms with Gasteiger partial charge in [0.1, 0.15) is 5.75 Å². The minimum absolute atomic E-state index is 0.0999. The van der Waals surface area contributed by atoms with Gasteiger partial charge < -0.3 is 29.6 Å². The number of benzene rings is 1.